The van der Waals surface area contributed by atoms with E-state index in [1.807, 2.05) is 36.1 Å². The van der Waals surface area contributed by atoms with E-state index < -0.39 is 0 Å². The Kier molecular flexibility index (Phi) is 6.21. The van der Waals surface area contributed by atoms with Crippen LogP contribution in [0.2, 0.25) is 0 Å². The molecule has 0 radical (unpaired) electrons. The van der Waals surface area contributed by atoms with Crippen molar-refractivity contribution in [2.24, 2.45) is 0 Å². The zero-order valence-electron chi connectivity index (χ0n) is 15.5. The van der Waals surface area contributed by atoms with Gasteiger partial charge >= 0.3 is 0 Å². The van der Waals surface area contributed by atoms with Crippen LogP contribution in [-0.2, 0) is 11.2 Å². The van der Waals surface area contributed by atoms with E-state index in [9.17, 15) is 9.59 Å². The van der Waals surface area contributed by atoms with Crippen LogP contribution in [0.4, 0.5) is 0 Å². The van der Waals surface area contributed by atoms with Crippen molar-refractivity contribution in [1.29, 1.82) is 0 Å². The van der Waals surface area contributed by atoms with Gasteiger partial charge in [0, 0.05) is 30.3 Å². The van der Waals surface area contributed by atoms with E-state index in [1.54, 1.807) is 13.2 Å². The van der Waals surface area contributed by atoms with Crippen molar-refractivity contribution in [3.8, 4) is 5.75 Å². The van der Waals surface area contributed by atoms with Crippen molar-refractivity contribution >= 4 is 27.7 Å². The average molecular weight is 435 g/mol. The summed E-state index contributed by atoms with van der Waals surface area (Å²) < 4.78 is 11.3. The number of amides is 2. The molecule has 0 unspecified atom stereocenters. The van der Waals surface area contributed by atoms with E-state index in [2.05, 4.69) is 21.2 Å². The maximum absolute atomic E-state index is 12.6. The molecule has 144 valence electrons. The van der Waals surface area contributed by atoms with Gasteiger partial charge in [0.05, 0.1) is 13.5 Å². The van der Waals surface area contributed by atoms with Crippen LogP contribution in [0.15, 0.2) is 39.4 Å². The molecule has 1 aromatic carbocycles. The lowest BCUT2D eigenvalue weighted by molar-refractivity contribution is -0.131. The number of halogens is 1. The Labute approximate surface area is 167 Å². The van der Waals surface area contributed by atoms with Gasteiger partial charge < -0.3 is 19.4 Å². The van der Waals surface area contributed by atoms with Gasteiger partial charge in [-0.1, -0.05) is 18.2 Å². The van der Waals surface area contributed by atoms with E-state index in [0.717, 1.165) is 29.7 Å². The second-order valence-corrected chi connectivity index (χ2v) is 7.46. The van der Waals surface area contributed by atoms with E-state index >= 15 is 0 Å². The molecule has 3 rings (SSSR count). The molecule has 6 nitrogen and oxygen atoms in total. The highest BCUT2D eigenvalue weighted by Crippen LogP contribution is 2.21. The Morgan fingerprint density at radius 1 is 1.30 bits per heavy atom. The summed E-state index contributed by atoms with van der Waals surface area (Å²) in [5.74, 6) is 0.927. The topological polar surface area (TPSA) is 71.8 Å². The van der Waals surface area contributed by atoms with Gasteiger partial charge in [0.25, 0.3) is 5.91 Å². The van der Waals surface area contributed by atoms with Crippen LogP contribution in [0, 0.1) is 6.92 Å². The molecule has 0 aliphatic carbocycles. The fourth-order valence-electron chi connectivity index (χ4n) is 3.32. The standard InChI is InChI=1S/C20H23BrN2O4/c1-13-11-17(21)27-19(13)20(25)22-15-7-9-23(10-8-15)18(24)12-14-5-3-4-6-16(14)26-2/h3-6,11,15H,7-10,12H2,1-2H3,(H,22,25). The average Bonchev–Trinajstić information content (AvgIpc) is 3.01. The van der Waals surface area contributed by atoms with Crippen molar-refractivity contribution < 1.29 is 18.7 Å². The number of furan rings is 1. The Morgan fingerprint density at radius 2 is 2.00 bits per heavy atom. The number of hydrogen-bond donors (Lipinski definition) is 1. The summed E-state index contributed by atoms with van der Waals surface area (Å²) >= 11 is 3.24. The Morgan fingerprint density at radius 3 is 2.63 bits per heavy atom. The summed E-state index contributed by atoms with van der Waals surface area (Å²) in [5, 5.41) is 3.01. The molecular formula is C20H23BrN2O4. The Hall–Kier alpha value is -2.28. The third-order valence-corrected chi connectivity index (χ3v) is 5.20. The molecule has 27 heavy (non-hydrogen) atoms. The van der Waals surface area contributed by atoms with Crippen LogP contribution >= 0.6 is 15.9 Å². The van der Waals surface area contributed by atoms with Crippen molar-refractivity contribution in [2.75, 3.05) is 20.2 Å². The summed E-state index contributed by atoms with van der Waals surface area (Å²) in [4.78, 5) is 26.8. The SMILES string of the molecule is COc1ccccc1CC(=O)N1CCC(NC(=O)c2oc(Br)cc2C)CC1. The van der Waals surface area contributed by atoms with E-state index in [-0.39, 0.29) is 17.9 Å². The summed E-state index contributed by atoms with van der Waals surface area (Å²) in [5.41, 5.74) is 1.68. The minimum atomic E-state index is -0.211. The fraction of sp³-hybridized carbons (Fsp3) is 0.400. The number of likely N-dealkylation sites (tertiary alicyclic amines) is 1. The van der Waals surface area contributed by atoms with E-state index in [4.69, 9.17) is 9.15 Å². The van der Waals surface area contributed by atoms with Gasteiger partial charge in [0.15, 0.2) is 10.4 Å². The molecular weight excluding hydrogens is 412 g/mol. The smallest absolute Gasteiger partial charge is 0.287 e. The zero-order chi connectivity index (χ0) is 19.4. The quantitative estimate of drug-likeness (QED) is 0.783. The molecule has 0 saturated carbocycles. The number of aryl methyl sites for hydroxylation is 1. The number of para-hydroxylation sites is 1. The van der Waals surface area contributed by atoms with Gasteiger partial charge in [0.2, 0.25) is 5.91 Å². The first kappa shape index (κ1) is 19.5. The van der Waals surface area contributed by atoms with Crippen LogP contribution in [-0.4, -0.2) is 43.0 Å². The predicted molar refractivity (Wildman–Crippen MR) is 105 cm³/mol. The highest BCUT2D eigenvalue weighted by Gasteiger charge is 2.26. The van der Waals surface area contributed by atoms with Gasteiger partial charge in [-0.3, -0.25) is 9.59 Å². The van der Waals surface area contributed by atoms with Gasteiger partial charge in [-0.25, -0.2) is 0 Å². The highest BCUT2D eigenvalue weighted by molar-refractivity contribution is 9.10. The number of piperidine rings is 1. The second-order valence-electron chi connectivity index (χ2n) is 6.68. The predicted octanol–water partition coefficient (Wildman–Crippen LogP) is 3.32. The molecule has 1 saturated heterocycles. The molecule has 0 bridgehead atoms. The summed E-state index contributed by atoms with van der Waals surface area (Å²) in [6.45, 7) is 3.09. The Balaban J connectivity index is 1.52. The van der Waals surface area contributed by atoms with Crippen LogP contribution in [0.5, 0.6) is 5.75 Å². The lowest BCUT2D eigenvalue weighted by Crippen LogP contribution is -2.47. The van der Waals surface area contributed by atoms with E-state index in [1.165, 1.54) is 0 Å². The van der Waals surface area contributed by atoms with E-state index in [0.29, 0.717) is 29.9 Å². The molecule has 1 aliphatic heterocycles. The van der Waals surface area contributed by atoms with Crippen molar-refractivity contribution in [1.82, 2.24) is 10.2 Å². The van der Waals surface area contributed by atoms with Crippen LogP contribution < -0.4 is 10.1 Å². The summed E-state index contributed by atoms with van der Waals surface area (Å²) in [7, 11) is 1.61. The number of carbonyl (C=O) groups excluding carboxylic acids is 2. The number of nitrogens with zero attached hydrogens (tertiary/aromatic N) is 1. The maximum Gasteiger partial charge on any atom is 0.287 e. The van der Waals surface area contributed by atoms with Crippen molar-refractivity contribution in [3.05, 3.63) is 51.9 Å². The third-order valence-electron chi connectivity index (χ3n) is 4.81. The second kappa shape index (κ2) is 8.61. The minimum Gasteiger partial charge on any atom is -0.496 e. The molecule has 0 spiro atoms. The van der Waals surface area contributed by atoms with Gasteiger partial charge in [-0.05, 0) is 47.8 Å². The minimum absolute atomic E-state index is 0.0380. The van der Waals surface area contributed by atoms with Gasteiger partial charge in [-0.15, -0.1) is 0 Å². The van der Waals surface area contributed by atoms with Gasteiger partial charge in [0.1, 0.15) is 5.75 Å². The Bertz CT molecular complexity index is 825. The highest BCUT2D eigenvalue weighted by atomic mass is 79.9. The van der Waals surface area contributed by atoms with Crippen molar-refractivity contribution in [2.45, 2.75) is 32.2 Å². The summed E-state index contributed by atoms with van der Waals surface area (Å²) in [6, 6.07) is 9.37. The first-order valence-corrected chi connectivity index (χ1v) is 9.73. The van der Waals surface area contributed by atoms with Crippen LogP contribution in [0.25, 0.3) is 0 Å². The summed E-state index contributed by atoms with van der Waals surface area (Å²) in [6.07, 6.45) is 1.77. The number of rotatable bonds is 5. The molecule has 2 heterocycles. The normalized spacial score (nSPS) is 14.9. The molecule has 1 N–H and O–H groups in total. The number of hydrogen-bond acceptors (Lipinski definition) is 4. The molecule has 2 amide bonds. The third kappa shape index (κ3) is 4.71. The molecule has 1 aromatic heterocycles. The number of nitrogens with one attached hydrogen (secondary N) is 1. The monoisotopic (exact) mass is 434 g/mol. The van der Waals surface area contributed by atoms with Crippen LogP contribution in [0.1, 0.15) is 34.5 Å². The lowest BCUT2D eigenvalue weighted by Gasteiger charge is -2.32. The van der Waals surface area contributed by atoms with Crippen molar-refractivity contribution in [3.63, 3.8) is 0 Å². The molecule has 0 atom stereocenters. The molecule has 1 fully saturated rings. The lowest BCUT2D eigenvalue weighted by atomic mass is 10.0. The van der Waals surface area contributed by atoms with Gasteiger partial charge in [-0.2, -0.15) is 0 Å². The fourth-order valence-corrected chi connectivity index (χ4v) is 3.82. The largest absolute Gasteiger partial charge is 0.496 e. The first-order valence-electron chi connectivity index (χ1n) is 8.94. The first-order chi connectivity index (χ1) is 13.0. The molecule has 7 heteroatoms. The number of benzene rings is 1. The molecule has 2 aromatic rings. The maximum atomic E-state index is 12.6. The molecule has 1 aliphatic rings. The number of methoxy groups -OCH3 is 1. The zero-order valence-corrected chi connectivity index (χ0v) is 17.0. The number of ether oxygens (including phenoxy) is 1. The van der Waals surface area contributed by atoms with Crippen LogP contribution in [0.3, 0.4) is 0 Å². The number of carbonyl (C=O) groups is 2.